The van der Waals surface area contributed by atoms with Gasteiger partial charge in [-0.1, -0.05) is 41.5 Å². The molecular weight excluding hydrogens is 504 g/mol. The SMILES string of the molecule is CC[Si](CC)(CC)O[C@@H](C)CCC1(O)Oc2c(C)coc(=O)c2[C@H]2C1=C(O)C[C@@H]2O[Si](C)(C)C(C)(C)C. The maximum absolute atomic E-state index is 13.0. The third-order valence-corrected chi connectivity index (χ3v) is 18.4. The van der Waals surface area contributed by atoms with E-state index in [1.54, 1.807) is 6.92 Å². The topological polar surface area (TPSA) is 98.4 Å². The zero-order valence-electron chi connectivity index (χ0n) is 24.5. The second-order valence-corrected chi connectivity index (χ2v) is 22.0. The molecular formula is C28H48O7Si2. The normalized spacial score (nSPS) is 25.1. The van der Waals surface area contributed by atoms with Gasteiger partial charge in [0.25, 0.3) is 0 Å². The molecule has 2 aliphatic rings. The predicted octanol–water partition coefficient (Wildman–Crippen LogP) is 6.91. The Morgan fingerprint density at radius 1 is 1.19 bits per heavy atom. The van der Waals surface area contributed by atoms with Crippen LogP contribution in [-0.2, 0) is 8.85 Å². The molecule has 210 valence electrons. The molecule has 2 heterocycles. The molecule has 1 aliphatic carbocycles. The van der Waals surface area contributed by atoms with Crippen LogP contribution in [0.2, 0.25) is 36.3 Å². The van der Waals surface area contributed by atoms with Gasteiger partial charge in [0.1, 0.15) is 17.8 Å². The molecule has 0 spiro atoms. The Kier molecular flexibility index (Phi) is 8.67. The lowest BCUT2D eigenvalue weighted by atomic mass is 9.81. The third-order valence-electron chi connectivity index (χ3n) is 9.08. The molecule has 7 nitrogen and oxygen atoms in total. The van der Waals surface area contributed by atoms with E-state index < -0.39 is 40.1 Å². The van der Waals surface area contributed by atoms with Crippen LogP contribution in [0.1, 0.15) is 84.8 Å². The van der Waals surface area contributed by atoms with Crippen LogP contribution in [0.4, 0.5) is 0 Å². The summed E-state index contributed by atoms with van der Waals surface area (Å²) in [5.74, 6) is -2.03. The Hall–Kier alpha value is -1.40. The fourth-order valence-corrected chi connectivity index (χ4v) is 9.81. The van der Waals surface area contributed by atoms with Crippen molar-refractivity contribution in [1.29, 1.82) is 0 Å². The summed E-state index contributed by atoms with van der Waals surface area (Å²) in [6.07, 6.45) is 1.82. The second kappa shape index (κ2) is 10.6. The zero-order chi connectivity index (χ0) is 28.0. The minimum absolute atomic E-state index is 0.0377. The van der Waals surface area contributed by atoms with Gasteiger partial charge in [-0.3, -0.25) is 0 Å². The lowest BCUT2D eigenvalue weighted by Crippen LogP contribution is -2.50. The van der Waals surface area contributed by atoms with Gasteiger partial charge in [0, 0.05) is 30.1 Å². The van der Waals surface area contributed by atoms with Crippen LogP contribution < -0.4 is 10.4 Å². The van der Waals surface area contributed by atoms with E-state index in [2.05, 4.69) is 54.6 Å². The molecule has 0 saturated carbocycles. The summed E-state index contributed by atoms with van der Waals surface area (Å²) in [4.78, 5) is 13.0. The molecule has 1 aliphatic heterocycles. The maximum atomic E-state index is 13.0. The third kappa shape index (κ3) is 5.66. The van der Waals surface area contributed by atoms with Crippen molar-refractivity contribution < 1.29 is 28.2 Å². The number of hydrogen-bond donors (Lipinski definition) is 2. The highest BCUT2D eigenvalue weighted by atomic mass is 28.4. The van der Waals surface area contributed by atoms with Gasteiger partial charge in [0.15, 0.2) is 16.6 Å². The first-order valence-electron chi connectivity index (χ1n) is 13.9. The Bertz CT molecular complexity index is 1060. The van der Waals surface area contributed by atoms with Crippen LogP contribution >= 0.6 is 0 Å². The summed E-state index contributed by atoms with van der Waals surface area (Å²) in [5, 5.41) is 23.1. The Morgan fingerprint density at radius 2 is 1.78 bits per heavy atom. The van der Waals surface area contributed by atoms with Gasteiger partial charge in [0.05, 0.1) is 17.6 Å². The summed E-state index contributed by atoms with van der Waals surface area (Å²) in [5.41, 5.74) is 0.762. The van der Waals surface area contributed by atoms with E-state index in [4.69, 9.17) is 18.0 Å². The molecule has 3 rings (SSSR count). The quantitative estimate of drug-likeness (QED) is 0.304. The van der Waals surface area contributed by atoms with Crippen molar-refractivity contribution in [2.75, 3.05) is 0 Å². The van der Waals surface area contributed by atoms with Gasteiger partial charge in [0.2, 0.25) is 5.79 Å². The first-order chi connectivity index (χ1) is 17.0. The van der Waals surface area contributed by atoms with Crippen LogP contribution in [0.25, 0.3) is 0 Å². The fourth-order valence-electron chi connectivity index (χ4n) is 5.51. The largest absolute Gasteiger partial charge is 0.512 e. The number of aliphatic hydroxyl groups is 2. The van der Waals surface area contributed by atoms with E-state index in [9.17, 15) is 15.0 Å². The summed E-state index contributed by atoms with van der Waals surface area (Å²) >= 11 is 0. The van der Waals surface area contributed by atoms with Crippen LogP contribution in [0.3, 0.4) is 0 Å². The summed E-state index contributed by atoms with van der Waals surface area (Å²) in [6, 6.07) is 3.15. The standard InChI is InChI=1S/C28H48O7Si2/c1-11-37(12-2,13-3)34-19(5)14-15-28(31)24-20(29)16-21(35-36(9,10)27(6,7)8)22(24)23-25(33-28)18(4)17-32-26(23)30/h17,19,21-22,29,31H,11-16H2,1-10H3/t19-,21-,22-,28?/m0/s1. The minimum Gasteiger partial charge on any atom is -0.512 e. The van der Waals surface area contributed by atoms with Gasteiger partial charge in [-0.05, 0) is 56.5 Å². The zero-order valence-corrected chi connectivity index (χ0v) is 26.5. The molecule has 0 radical (unpaired) electrons. The smallest absolute Gasteiger partial charge is 0.343 e. The highest BCUT2D eigenvalue weighted by Crippen LogP contribution is 2.54. The second-order valence-electron chi connectivity index (χ2n) is 12.5. The molecule has 0 saturated heterocycles. The number of aliphatic hydroxyl groups excluding tert-OH is 1. The molecule has 1 unspecified atom stereocenters. The van der Waals surface area contributed by atoms with Crippen molar-refractivity contribution in [3.05, 3.63) is 39.1 Å². The number of rotatable bonds is 10. The number of hydrogen-bond acceptors (Lipinski definition) is 7. The van der Waals surface area contributed by atoms with E-state index in [-0.39, 0.29) is 29.7 Å². The Labute approximate surface area is 224 Å². The highest BCUT2D eigenvalue weighted by Gasteiger charge is 2.56. The number of fused-ring (bicyclic) bond motifs is 3. The Balaban J connectivity index is 2.00. The average molecular weight is 553 g/mol. The van der Waals surface area contributed by atoms with Gasteiger partial charge in [-0.25, -0.2) is 4.79 Å². The summed E-state index contributed by atoms with van der Waals surface area (Å²) in [6.45, 7) is 21.2. The van der Waals surface area contributed by atoms with Gasteiger partial charge < -0.3 is 28.2 Å². The molecule has 4 atom stereocenters. The van der Waals surface area contributed by atoms with Crippen molar-refractivity contribution >= 4 is 16.6 Å². The van der Waals surface area contributed by atoms with Gasteiger partial charge in [-0.15, -0.1) is 0 Å². The molecule has 0 bridgehead atoms. The Morgan fingerprint density at radius 3 is 2.32 bits per heavy atom. The molecule has 1 aromatic rings. The molecule has 2 N–H and O–H groups in total. The monoisotopic (exact) mass is 552 g/mol. The molecule has 37 heavy (non-hydrogen) atoms. The van der Waals surface area contributed by atoms with E-state index in [1.807, 2.05) is 6.92 Å². The fraction of sp³-hybridized carbons (Fsp3) is 0.750. The average Bonchev–Trinajstić information content (AvgIpc) is 3.14. The van der Waals surface area contributed by atoms with Crippen LogP contribution in [0.5, 0.6) is 5.75 Å². The molecule has 0 amide bonds. The van der Waals surface area contributed by atoms with Crippen LogP contribution in [-0.4, -0.2) is 44.8 Å². The maximum Gasteiger partial charge on any atom is 0.343 e. The first kappa shape index (κ1) is 30.1. The van der Waals surface area contributed by atoms with Crippen LogP contribution in [0.15, 0.2) is 26.8 Å². The number of aryl methyl sites for hydroxylation is 1. The molecule has 1 aromatic heterocycles. The lowest BCUT2D eigenvalue weighted by Gasteiger charge is -2.43. The number of ether oxygens (including phenoxy) is 1. The van der Waals surface area contributed by atoms with Gasteiger partial charge in [-0.2, -0.15) is 0 Å². The van der Waals surface area contributed by atoms with Gasteiger partial charge >= 0.3 is 5.63 Å². The predicted molar refractivity (Wildman–Crippen MR) is 151 cm³/mol. The molecule has 0 fully saturated rings. The van der Waals surface area contributed by atoms with E-state index in [0.717, 1.165) is 18.1 Å². The van der Waals surface area contributed by atoms with E-state index in [0.29, 0.717) is 28.9 Å². The summed E-state index contributed by atoms with van der Waals surface area (Å²) < 4.78 is 24.9. The van der Waals surface area contributed by atoms with Crippen molar-refractivity contribution in [1.82, 2.24) is 0 Å². The van der Waals surface area contributed by atoms with Crippen molar-refractivity contribution in [2.24, 2.45) is 0 Å². The van der Waals surface area contributed by atoms with E-state index in [1.165, 1.54) is 6.26 Å². The summed E-state index contributed by atoms with van der Waals surface area (Å²) in [7, 11) is -4.07. The molecule has 9 heteroatoms. The first-order valence-corrected chi connectivity index (χ1v) is 19.3. The molecule has 0 aromatic carbocycles. The van der Waals surface area contributed by atoms with Crippen molar-refractivity contribution in [3.8, 4) is 5.75 Å². The van der Waals surface area contributed by atoms with Crippen molar-refractivity contribution in [3.63, 3.8) is 0 Å². The van der Waals surface area contributed by atoms with E-state index >= 15 is 0 Å². The highest BCUT2D eigenvalue weighted by molar-refractivity contribution is 6.74. The van der Waals surface area contributed by atoms with Crippen LogP contribution in [0, 0.1) is 6.92 Å². The minimum atomic E-state index is -2.26. The van der Waals surface area contributed by atoms with Crippen molar-refractivity contribution in [2.45, 2.75) is 135 Å². The lowest BCUT2D eigenvalue weighted by molar-refractivity contribution is -0.129.